The summed E-state index contributed by atoms with van der Waals surface area (Å²) in [5.74, 6) is -1.79. The fraction of sp³-hybridized carbons (Fsp3) is 0.133. The van der Waals surface area contributed by atoms with Crippen LogP contribution in [0, 0.1) is 18.6 Å². The SMILES string of the molecule is COc1ccc(NC(=O)c2cc(C)c(F)cc2F)c(N)c1. The average Bonchev–Trinajstić information content (AvgIpc) is 2.44. The quantitative estimate of drug-likeness (QED) is 0.854. The molecule has 1 amide bonds. The number of nitrogens with one attached hydrogen (secondary N) is 1. The largest absolute Gasteiger partial charge is 0.497 e. The van der Waals surface area contributed by atoms with Crippen LogP contribution in [0.3, 0.4) is 0 Å². The lowest BCUT2D eigenvalue weighted by Gasteiger charge is -2.10. The highest BCUT2D eigenvalue weighted by atomic mass is 19.1. The number of carbonyl (C=O) groups is 1. The third-order valence-electron chi connectivity index (χ3n) is 3.00. The van der Waals surface area contributed by atoms with Gasteiger partial charge in [-0.3, -0.25) is 4.79 Å². The van der Waals surface area contributed by atoms with Gasteiger partial charge < -0.3 is 15.8 Å². The van der Waals surface area contributed by atoms with Gasteiger partial charge in [0.05, 0.1) is 24.0 Å². The molecule has 3 N–H and O–H groups in total. The Labute approximate surface area is 120 Å². The molecule has 0 aliphatic rings. The summed E-state index contributed by atoms with van der Waals surface area (Å²) in [6, 6.07) is 6.52. The van der Waals surface area contributed by atoms with Crippen molar-refractivity contribution in [1.82, 2.24) is 0 Å². The molecule has 2 rings (SSSR count). The number of nitrogens with two attached hydrogens (primary N) is 1. The Morgan fingerprint density at radius 1 is 1.19 bits per heavy atom. The van der Waals surface area contributed by atoms with Gasteiger partial charge in [0.25, 0.3) is 5.91 Å². The Morgan fingerprint density at radius 3 is 2.52 bits per heavy atom. The maximum atomic E-state index is 13.7. The molecule has 0 fully saturated rings. The van der Waals surface area contributed by atoms with E-state index < -0.39 is 17.5 Å². The lowest BCUT2D eigenvalue weighted by atomic mass is 10.1. The first-order valence-electron chi connectivity index (χ1n) is 6.13. The van der Waals surface area contributed by atoms with Crippen molar-refractivity contribution in [2.24, 2.45) is 0 Å². The molecule has 0 radical (unpaired) electrons. The van der Waals surface area contributed by atoms with Crippen molar-refractivity contribution in [3.63, 3.8) is 0 Å². The van der Waals surface area contributed by atoms with Gasteiger partial charge in [0.1, 0.15) is 17.4 Å². The topological polar surface area (TPSA) is 64.3 Å². The molecule has 21 heavy (non-hydrogen) atoms. The van der Waals surface area contributed by atoms with E-state index in [1.165, 1.54) is 20.1 Å². The van der Waals surface area contributed by atoms with Crippen molar-refractivity contribution in [2.45, 2.75) is 6.92 Å². The monoisotopic (exact) mass is 292 g/mol. The Hall–Kier alpha value is -2.63. The second-order valence-electron chi connectivity index (χ2n) is 4.49. The molecule has 2 aromatic carbocycles. The van der Waals surface area contributed by atoms with Gasteiger partial charge >= 0.3 is 0 Å². The lowest BCUT2D eigenvalue weighted by molar-refractivity contribution is 0.102. The van der Waals surface area contributed by atoms with Crippen molar-refractivity contribution in [1.29, 1.82) is 0 Å². The smallest absolute Gasteiger partial charge is 0.258 e. The summed E-state index contributed by atoms with van der Waals surface area (Å²) in [6.45, 7) is 1.45. The molecule has 0 spiro atoms. The summed E-state index contributed by atoms with van der Waals surface area (Å²) in [6.07, 6.45) is 0. The van der Waals surface area contributed by atoms with Gasteiger partial charge in [0.15, 0.2) is 0 Å². The maximum Gasteiger partial charge on any atom is 0.258 e. The van der Waals surface area contributed by atoms with Crippen molar-refractivity contribution >= 4 is 17.3 Å². The van der Waals surface area contributed by atoms with Gasteiger partial charge in [-0.05, 0) is 30.7 Å². The van der Waals surface area contributed by atoms with Crippen LogP contribution in [0.2, 0.25) is 0 Å². The van der Waals surface area contributed by atoms with E-state index in [0.29, 0.717) is 17.5 Å². The maximum absolute atomic E-state index is 13.7. The van der Waals surface area contributed by atoms with Gasteiger partial charge in [-0.25, -0.2) is 8.78 Å². The van der Waals surface area contributed by atoms with E-state index in [1.807, 2.05) is 0 Å². The highest BCUT2D eigenvalue weighted by Gasteiger charge is 2.15. The minimum Gasteiger partial charge on any atom is -0.497 e. The predicted octanol–water partition coefficient (Wildman–Crippen LogP) is 3.12. The second-order valence-corrected chi connectivity index (χ2v) is 4.49. The third-order valence-corrected chi connectivity index (χ3v) is 3.00. The molecule has 0 atom stereocenters. The van der Waals surface area contributed by atoms with E-state index in [9.17, 15) is 13.6 Å². The van der Waals surface area contributed by atoms with Crippen LogP contribution in [0.15, 0.2) is 30.3 Å². The number of hydrogen-bond donors (Lipinski definition) is 2. The summed E-state index contributed by atoms with van der Waals surface area (Å²) in [5, 5.41) is 2.48. The number of hydrogen-bond acceptors (Lipinski definition) is 3. The van der Waals surface area contributed by atoms with Crippen LogP contribution in [0.5, 0.6) is 5.75 Å². The normalized spacial score (nSPS) is 10.3. The predicted molar refractivity (Wildman–Crippen MR) is 76.5 cm³/mol. The molecule has 0 heterocycles. The van der Waals surface area contributed by atoms with Crippen LogP contribution in [0.25, 0.3) is 0 Å². The van der Waals surface area contributed by atoms with Crippen molar-refractivity contribution in [2.75, 3.05) is 18.2 Å². The van der Waals surface area contributed by atoms with E-state index in [2.05, 4.69) is 5.32 Å². The number of rotatable bonds is 3. The Morgan fingerprint density at radius 2 is 1.90 bits per heavy atom. The fourth-order valence-corrected chi connectivity index (χ4v) is 1.80. The molecular weight excluding hydrogens is 278 g/mol. The van der Waals surface area contributed by atoms with Crippen LogP contribution in [0.1, 0.15) is 15.9 Å². The van der Waals surface area contributed by atoms with Crippen LogP contribution >= 0.6 is 0 Å². The van der Waals surface area contributed by atoms with Gasteiger partial charge in [-0.2, -0.15) is 0 Å². The van der Waals surface area contributed by atoms with Crippen LogP contribution < -0.4 is 15.8 Å². The van der Waals surface area contributed by atoms with Crippen LogP contribution in [-0.2, 0) is 0 Å². The molecule has 0 unspecified atom stereocenters. The van der Waals surface area contributed by atoms with Gasteiger partial charge in [0, 0.05) is 12.1 Å². The first-order valence-corrected chi connectivity index (χ1v) is 6.13. The van der Waals surface area contributed by atoms with Crippen LogP contribution in [-0.4, -0.2) is 13.0 Å². The van der Waals surface area contributed by atoms with Gasteiger partial charge in [-0.1, -0.05) is 0 Å². The second kappa shape index (κ2) is 5.78. The number of aryl methyl sites for hydroxylation is 1. The van der Waals surface area contributed by atoms with Crippen LogP contribution in [0.4, 0.5) is 20.2 Å². The summed E-state index contributed by atoms with van der Waals surface area (Å²) >= 11 is 0. The van der Waals surface area contributed by atoms with E-state index in [4.69, 9.17) is 10.5 Å². The zero-order valence-corrected chi connectivity index (χ0v) is 11.5. The Kier molecular flexibility index (Phi) is 4.07. The molecule has 0 bridgehead atoms. The van der Waals surface area contributed by atoms with E-state index in [0.717, 1.165) is 6.07 Å². The van der Waals surface area contributed by atoms with E-state index in [1.54, 1.807) is 12.1 Å². The molecule has 0 aliphatic heterocycles. The summed E-state index contributed by atoms with van der Waals surface area (Å²) in [4.78, 5) is 12.0. The summed E-state index contributed by atoms with van der Waals surface area (Å²) < 4.78 is 31.8. The fourth-order valence-electron chi connectivity index (χ4n) is 1.80. The molecule has 110 valence electrons. The third kappa shape index (κ3) is 3.10. The summed E-state index contributed by atoms with van der Waals surface area (Å²) in [5.41, 5.74) is 6.31. The highest BCUT2D eigenvalue weighted by molar-refractivity contribution is 6.06. The first kappa shape index (κ1) is 14.8. The van der Waals surface area contributed by atoms with E-state index >= 15 is 0 Å². The number of benzene rings is 2. The molecular formula is C15H14F2N2O2. The molecule has 6 heteroatoms. The zero-order valence-electron chi connectivity index (χ0n) is 11.5. The number of ether oxygens (including phenoxy) is 1. The van der Waals surface area contributed by atoms with E-state index in [-0.39, 0.29) is 16.8 Å². The molecule has 0 saturated heterocycles. The van der Waals surface area contributed by atoms with Crippen molar-refractivity contribution < 1.29 is 18.3 Å². The molecule has 4 nitrogen and oxygen atoms in total. The van der Waals surface area contributed by atoms with Crippen molar-refractivity contribution in [3.8, 4) is 5.75 Å². The minimum absolute atomic E-state index is 0.184. The van der Waals surface area contributed by atoms with Gasteiger partial charge in [0.2, 0.25) is 0 Å². The standard InChI is InChI=1S/C15H14F2N2O2/c1-8-5-10(12(17)7-11(8)16)15(20)19-14-4-3-9(21-2)6-13(14)18/h3-7H,18H2,1-2H3,(H,19,20). The lowest BCUT2D eigenvalue weighted by Crippen LogP contribution is -2.15. The number of halogens is 2. The van der Waals surface area contributed by atoms with Gasteiger partial charge in [-0.15, -0.1) is 0 Å². The first-order chi connectivity index (χ1) is 9.92. The molecule has 0 saturated carbocycles. The molecule has 0 aromatic heterocycles. The number of methoxy groups -OCH3 is 1. The number of nitrogen functional groups attached to an aromatic ring is 1. The average molecular weight is 292 g/mol. The highest BCUT2D eigenvalue weighted by Crippen LogP contribution is 2.25. The Bertz CT molecular complexity index is 702. The Balaban J connectivity index is 2.28. The zero-order chi connectivity index (χ0) is 15.6. The number of anilines is 2. The minimum atomic E-state index is -0.928. The van der Waals surface area contributed by atoms with Crippen molar-refractivity contribution in [3.05, 3.63) is 53.1 Å². The number of amides is 1. The summed E-state index contributed by atoms with van der Waals surface area (Å²) in [7, 11) is 1.49. The number of carbonyl (C=O) groups excluding carboxylic acids is 1. The molecule has 2 aromatic rings. The molecule has 0 aliphatic carbocycles.